The maximum absolute atomic E-state index is 4.86. The summed E-state index contributed by atoms with van der Waals surface area (Å²) in [6.45, 7) is 9.59. The van der Waals surface area contributed by atoms with Gasteiger partial charge in [-0.15, -0.1) is 11.8 Å². The van der Waals surface area contributed by atoms with Crippen LogP contribution in [-0.4, -0.2) is 33.3 Å². The van der Waals surface area contributed by atoms with Crippen molar-refractivity contribution in [3.05, 3.63) is 17.1 Å². The molecule has 1 aliphatic heterocycles. The molecule has 5 heteroatoms. The van der Waals surface area contributed by atoms with E-state index in [2.05, 4.69) is 44.8 Å². The summed E-state index contributed by atoms with van der Waals surface area (Å²) in [6, 6.07) is 0. The second-order valence-corrected chi connectivity index (χ2v) is 7.58. The van der Waals surface area contributed by atoms with Gasteiger partial charge in [-0.05, 0) is 26.7 Å². The highest BCUT2D eigenvalue weighted by molar-refractivity contribution is 8.06. The molecule has 2 atom stereocenters. The summed E-state index contributed by atoms with van der Waals surface area (Å²) in [7, 11) is 0. The van der Waals surface area contributed by atoms with Crippen molar-refractivity contribution in [2.24, 2.45) is 0 Å². The third-order valence-corrected chi connectivity index (χ3v) is 6.88. The van der Waals surface area contributed by atoms with Gasteiger partial charge in [0.25, 0.3) is 0 Å². The molecule has 0 amide bonds. The maximum Gasteiger partial charge on any atom is 0.145 e. The molecule has 20 heavy (non-hydrogen) atoms. The van der Waals surface area contributed by atoms with Crippen molar-refractivity contribution in [1.29, 1.82) is 0 Å². The van der Waals surface area contributed by atoms with Crippen molar-refractivity contribution in [3.63, 3.8) is 0 Å². The number of aromatic nitrogens is 2. The Bertz CT molecular complexity index is 451. The first-order valence-corrected chi connectivity index (χ1v) is 9.65. The van der Waals surface area contributed by atoms with E-state index < -0.39 is 0 Å². The Labute approximate surface area is 131 Å². The Morgan fingerprint density at radius 1 is 1.15 bits per heavy atom. The number of nitrogens with zero attached hydrogens (tertiary/aromatic N) is 2. The first-order chi connectivity index (χ1) is 9.71. The highest BCUT2D eigenvalue weighted by atomic mass is 32.2. The zero-order valence-corrected chi connectivity index (χ0v) is 14.5. The molecule has 1 N–H and O–H groups in total. The summed E-state index contributed by atoms with van der Waals surface area (Å²) >= 11 is 4.10. The number of hydrogen-bond donors (Lipinski definition) is 1. The highest BCUT2D eigenvalue weighted by Gasteiger charge is 2.29. The van der Waals surface area contributed by atoms with E-state index in [1.807, 2.05) is 11.8 Å². The number of thioether (sulfide) groups is 2. The van der Waals surface area contributed by atoms with Gasteiger partial charge in [-0.1, -0.05) is 13.8 Å². The Kier molecular flexibility index (Phi) is 6.02. The minimum Gasteiger partial charge on any atom is -0.370 e. The highest BCUT2D eigenvalue weighted by Crippen LogP contribution is 2.43. The van der Waals surface area contributed by atoms with Crippen LogP contribution >= 0.6 is 23.5 Å². The lowest BCUT2D eigenvalue weighted by atomic mass is 10.1. The average molecular weight is 312 g/mol. The molecule has 0 spiro atoms. The van der Waals surface area contributed by atoms with Crippen LogP contribution in [0.4, 0.5) is 5.82 Å². The van der Waals surface area contributed by atoms with Crippen LogP contribution < -0.4 is 5.32 Å². The fraction of sp³-hybridized carbons (Fsp3) is 0.733. The van der Waals surface area contributed by atoms with Gasteiger partial charge in [0.15, 0.2) is 0 Å². The van der Waals surface area contributed by atoms with Crippen molar-refractivity contribution >= 4 is 29.3 Å². The Morgan fingerprint density at radius 2 is 1.90 bits per heavy atom. The monoisotopic (exact) mass is 311 g/mol. The normalized spacial score (nSPS) is 22.8. The van der Waals surface area contributed by atoms with E-state index >= 15 is 0 Å². The van der Waals surface area contributed by atoms with Crippen LogP contribution in [0.3, 0.4) is 0 Å². The van der Waals surface area contributed by atoms with E-state index in [4.69, 9.17) is 9.97 Å². The Morgan fingerprint density at radius 3 is 2.55 bits per heavy atom. The summed E-state index contributed by atoms with van der Waals surface area (Å²) in [5.74, 6) is 4.54. The molecule has 0 aliphatic carbocycles. The SMILES string of the molecule is CCNc1nc(C2SCCSC2CC)nc(C)c1CC. The van der Waals surface area contributed by atoms with Crippen molar-refractivity contribution in [3.8, 4) is 0 Å². The molecule has 0 bridgehead atoms. The molecule has 1 aromatic heterocycles. The molecular formula is C15H25N3S2. The fourth-order valence-corrected chi connectivity index (χ4v) is 5.62. The van der Waals surface area contributed by atoms with Gasteiger partial charge in [-0.2, -0.15) is 11.8 Å². The smallest absolute Gasteiger partial charge is 0.145 e. The summed E-state index contributed by atoms with van der Waals surface area (Å²) in [5.41, 5.74) is 2.40. The van der Waals surface area contributed by atoms with Crippen molar-refractivity contribution in [1.82, 2.24) is 9.97 Å². The number of aryl methyl sites for hydroxylation is 1. The van der Waals surface area contributed by atoms with Crippen LogP contribution in [-0.2, 0) is 6.42 Å². The lowest BCUT2D eigenvalue weighted by Gasteiger charge is -2.29. The van der Waals surface area contributed by atoms with Gasteiger partial charge < -0.3 is 5.32 Å². The van der Waals surface area contributed by atoms with Crippen LogP contribution in [0.2, 0.25) is 0 Å². The summed E-state index contributed by atoms with van der Waals surface area (Å²) in [6.07, 6.45) is 2.18. The van der Waals surface area contributed by atoms with E-state index in [-0.39, 0.29) is 0 Å². The van der Waals surface area contributed by atoms with Crippen molar-refractivity contribution < 1.29 is 0 Å². The van der Waals surface area contributed by atoms with Gasteiger partial charge in [0.2, 0.25) is 0 Å². The molecule has 1 aromatic rings. The van der Waals surface area contributed by atoms with Gasteiger partial charge in [0.05, 0.1) is 5.25 Å². The zero-order chi connectivity index (χ0) is 14.5. The molecule has 2 rings (SSSR count). The molecule has 3 nitrogen and oxygen atoms in total. The number of nitrogens with one attached hydrogen (secondary N) is 1. The molecule has 2 heterocycles. The van der Waals surface area contributed by atoms with Crippen LogP contribution in [0.15, 0.2) is 0 Å². The summed E-state index contributed by atoms with van der Waals surface area (Å²) < 4.78 is 0. The van der Waals surface area contributed by atoms with E-state index in [1.165, 1.54) is 23.5 Å². The minimum atomic E-state index is 0.445. The molecule has 112 valence electrons. The minimum absolute atomic E-state index is 0.445. The number of anilines is 1. The molecule has 0 saturated carbocycles. The van der Waals surface area contributed by atoms with Gasteiger partial charge in [0, 0.05) is 34.6 Å². The molecule has 1 aliphatic rings. The molecule has 0 aromatic carbocycles. The Hall–Kier alpha value is -0.420. The first-order valence-electron chi connectivity index (χ1n) is 7.55. The second kappa shape index (κ2) is 7.55. The lowest BCUT2D eigenvalue weighted by molar-refractivity contribution is 0.741. The van der Waals surface area contributed by atoms with E-state index in [0.29, 0.717) is 10.5 Å². The molecule has 0 radical (unpaired) electrons. The lowest BCUT2D eigenvalue weighted by Crippen LogP contribution is -2.22. The van der Waals surface area contributed by atoms with Crippen LogP contribution in [0.5, 0.6) is 0 Å². The molecule has 1 saturated heterocycles. The largest absolute Gasteiger partial charge is 0.370 e. The summed E-state index contributed by atoms with van der Waals surface area (Å²) in [5, 5.41) is 4.51. The third-order valence-electron chi connectivity index (χ3n) is 3.64. The quantitative estimate of drug-likeness (QED) is 0.887. The van der Waals surface area contributed by atoms with Gasteiger partial charge in [-0.25, -0.2) is 9.97 Å². The van der Waals surface area contributed by atoms with Gasteiger partial charge in [-0.3, -0.25) is 0 Å². The van der Waals surface area contributed by atoms with E-state index in [1.54, 1.807) is 0 Å². The number of hydrogen-bond acceptors (Lipinski definition) is 5. The standard InChI is InChI=1S/C15H25N3S2/c1-5-11-10(4)17-15(18-14(11)16-7-3)13-12(6-2)19-8-9-20-13/h12-13H,5-9H2,1-4H3,(H,16,17,18). The predicted octanol–water partition coefficient (Wildman–Crippen LogP) is 4.08. The Balaban J connectivity index is 2.35. The number of rotatable bonds is 5. The first kappa shape index (κ1) is 16.0. The van der Waals surface area contributed by atoms with Gasteiger partial charge >= 0.3 is 0 Å². The molecule has 2 unspecified atom stereocenters. The topological polar surface area (TPSA) is 37.8 Å². The second-order valence-electron chi connectivity index (χ2n) is 4.99. The predicted molar refractivity (Wildman–Crippen MR) is 92.0 cm³/mol. The fourth-order valence-electron chi connectivity index (χ4n) is 2.62. The van der Waals surface area contributed by atoms with Crippen LogP contribution in [0.1, 0.15) is 49.5 Å². The van der Waals surface area contributed by atoms with Crippen LogP contribution in [0.25, 0.3) is 0 Å². The van der Waals surface area contributed by atoms with Crippen LogP contribution in [0, 0.1) is 6.92 Å². The molecule has 1 fully saturated rings. The van der Waals surface area contributed by atoms with Crippen molar-refractivity contribution in [2.45, 2.75) is 51.0 Å². The van der Waals surface area contributed by atoms with Gasteiger partial charge in [0.1, 0.15) is 11.6 Å². The maximum atomic E-state index is 4.86. The van der Waals surface area contributed by atoms with E-state index in [0.717, 1.165) is 30.3 Å². The third kappa shape index (κ3) is 3.42. The average Bonchev–Trinajstić information content (AvgIpc) is 2.47. The van der Waals surface area contributed by atoms with Crippen molar-refractivity contribution in [2.75, 3.05) is 23.4 Å². The van der Waals surface area contributed by atoms with E-state index in [9.17, 15) is 0 Å². The summed E-state index contributed by atoms with van der Waals surface area (Å²) in [4.78, 5) is 9.68. The molecular weight excluding hydrogens is 286 g/mol. The zero-order valence-electron chi connectivity index (χ0n) is 12.9.